The molecule has 1 atom stereocenters. The molecule has 1 aromatic rings. The van der Waals surface area contributed by atoms with Crippen molar-refractivity contribution in [1.29, 1.82) is 0 Å². The quantitative estimate of drug-likeness (QED) is 0.544. The van der Waals surface area contributed by atoms with E-state index in [0.717, 1.165) is 17.5 Å². The fourth-order valence-electron chi connectivity index (χ4n) is 1.68. The summed E-state index contributed by atoms with van der Waals surface area (Å²) in [5, 5.41) is 15.3. The van der Waals surface area contributed by atoms with Gasteiger partial charge in [-0.2, -0.15) is 0 Å². The molecule has 1 aromatic carbocycles. The summed E-state index contributed by atoms with van der Waals surface area (Å²) in [5.74, 6) is 0. The van der Waals surface area contributed by atoms with E-state index in [-0.39, 0.29) is 12.6 Å². The number of carbonyl (C=O) groups is 1. The Bertz CT molecular complexity index is 430. The summed E-state index contributed by atoms with van der Waals surface area (Å²) >= 11 is 0. The summed E-state index contributed by atoms with van der Waals surface area (Å²) in [6, 6.07) is 7.37. The molecule has 1 rings (SSSR count). The van der Waals surface area contributed by atoms with E-state index in [1.54, 1.807) is 0 Å². The Morgan fingerprint density at radius 1 is 1.42 bits per heavy atom. The van der Waals surface area contributed by atoms with Crippen LogP contribution >= 0.6 is 0 Å². The van der Waals surface area contributed by atoms with E-state index in [0.29, 0.717) is 6.54 Å². The van der Waals surface area contributed by atoms with Gasteiger partial charge in [-0.15, -0.1) is 0 Å². The molecule has 0 saturated heterocycles. The topological polar surface area (TPSA) is 61.4 Å². The molecular formula is C15H22N2O2. The number of benzene rings is 1. The molecule has 0 spiro atoms. The van der Waals surface area contributed by atoms with Crippen molar-refractivity contribution in [2.45, 2.75) is 26.4 Å². The highest BCUT2D eigenvalue weighted by molar-refractivity contribution is 5.73. The van der Waals surface area contributed by atoms with Crippen LogP contribution in [0.3, 0.4) is 0 Å². The molecule has 104 valence electrons. The standard InChI is InChI=1S/C15H22N2O2/c1-3-4-5-9-16-15(19)17-11-14(18)13-8-6-7-12(2)10-13/h3-4,6-8,10,14,18H,5,9,11H2,1-2H3,(H2,16,17,19)/b4-3+. The summed E-state index contributed by atoms with van der Waals surface area (Å²) in [4.78, 5) is 11.5. The summed E-state index contributed by atoms with van der Waals surface area (Å²) in [5.41, 5.74) is 1.90. The first-order chi connectivity index (χ1) is 9.13. The van der Waals surface area contributed by atoms with Crippen LogP contribution in [-0.4, -0.2) is 24.2 Å². The van der Waals surface area contributed by atoms with Gasteiger partial charge in [0.05, 0.1) is 6.10 Å². The van der Waals surface area contributed by atoms with Gasteiger partial charge in [0.15, 0.2) is 0 Å². The predicted molar refractivity (Wildman–Crippen MR) is 77.0 cm³/mol. The van der Waals surface area contributed by atoms with Crippen molar-refractivity contribution in [3.8, 4) is 0 Å². The Kier molecular flexibility index (Phi) is 6.68. The number of hydrogen-bond donors (Lipinski definition) is 3. The van der Waals surface area contributed by atoms with Crippen LogP contribution in [0.25, 0.3) is 0 Å². The molecule has 0 fully saturated rings. The number of urea groups is 1. The summed E-state index contributed by atoms with van der Waals surface area (Å²) in [7, 11) is 0. The number of amides is 2. The first-order valence-electron chi connectivity index (χ1n) is 6.51. The molecule has 0 saturated carbocycles. The third kappa shape index (κ3) is 6.06. The molecule has 19 heavy (non-hydrogen) atoms. The van der Waals surface area contributed by atoms with E-state index in [1.165, 1.54) is 0 Å². The molecule has 4 nitrogen and oxygen atoms in total. The van der Waals surface area contributed by atoms with Crippen molar-refractivity contribution in [1.82, 2.24) is 10.6 Å². The summed E-state index contributed by atoms with van der Waals surface area (Å²) < 4.78 is 0. The zero-order valence-electron chi connectivity index (χ0n) is 11.5. The predicted octanol–water partition coefficient (Wildman–Crippen LogP) is 2.29. The lowest BCUT2D eigenvalue weighted by atomic mass is 10.1. The number of hydrogen-bond acceptors (Lipinski definition) is 2. The van der Waals surface area contributed by atoms with E-state index in [1.807, 2.05) is 50.3 Å². The third-order valence-electron chi connectivity index (χ3n) is 2.72. The van der Waals surface area contributed by atoms with Crippen LogP contribution in [0.1, 0.15) is 30.6 Å². The maximum atomic E-state index is 11.5. The smallest absolute Gasteiger partial charge is 0.314 e. The minimum atomic E-state index is -0.679. The average molecular weight is 262 g/mol. The van der Waals surface area contributed by atoms with Gasteiger partial charge in [0.25, 0.3) is 0 Å². The molecule has 0 radical (unpaired) electrons. The van der Waals surface area contributed by atoms with Crippen molar-refractivity contribution < 1.29 is 9.90 Å². The van der Waals surface area contributed by atoms with Crippen LogP contribution < -0.4 is 10.6 Å². The molecular weight excluding hydrogens is 240 g/mol. The molecule has 4 heteroatoms. The van der Waals surface area contributed by atoms with Gasteiger partial charge in [-0.3, -0.25) is 0 Å². The van der Waals surface area contributed by atoms with Crippen LogP contribution in [-0.2, 0) is 0 Å². The first-order valence-corrected chi connectivity index (χ1v) is 6.51. The van der Waals surface area contributed by atoms with Gasteiger partial charge in [0.2, 0.25) is 0 Å². The molecule has 0 aliphatic rings. The van der Waals surface area contributed by atoms with Crippen molar-refractivity contribution in [3.63, 3.8) is 0 Å². The van der Waals surface area contributed by atoms with Gasteiger partial charge in [-0.05, 0) is 25.8 Å². The number of allylic oxidation sites excluding steroid dienone is 1. The van der Waals surface area contributed by atoms with Crippen molar-refractivity contribution in [2.75, 3.05) is 13.1 Å². The normalized spacial score (nSPS) is 12.4. The van der Waals surface area contributed by atoms with Gasteiger partial charge in [-0.25, -0.2) is 4.79 Å². The molecule has 0 aromatic heterocycles. The second kappa shape index (κ2) is 8.32. The molecule has 1 unspecified atom stereocenters. The van der Waals surface area contributed by atoms with Gasteiger partial charge in [0.1, 0.15) is 0 Å². The van der Waals surface area contributed by atoms with Crippen molar-refractivity contribution in [2.24, 2.45) is 0 Å². The minimum absolute atomic E-state index is 0.207. The van der Waals surface area contributed by atoms with Gasteiger partial charge in [-0.1, -0.05) is 42.0 Å². The largest absolute Gasteiger partial charge is 0.387 e. The van der Waals surface area contributed by atoms with Crippen LogP contribution in [0.4, 0.5) is 4.79 Å². The number of rotatable bonds is 6. The lowest BCUT2D eigenvalue weighted by Gasteiger charge is -2.13. The fourth-order valence-corrected chi connectivity index (χ4v) is 1.68. The lowest BCUT2D eigenvalue weighted by Crippen LogP contribution is -2.38. The van der Waals surface area contributed by atoms with E-state index in [2.05, 4.69) is 10.6 Å². The first kappa shape index (κ1) is 15.2. The Balaban J connectivity index is 2.29. The second-order valence-corrected chi connectivity index (χ2v) is 4.42. The highest BCUT2D eigenvalue weighted by Crippen LogP contribution is 2.13. The molecule has 0 bridgehead atoms. The van der Waals surface area contributed by atoms with Crippen LogP contribution in [0.5, 0.6) is 0 Å². The Labute approximate surface area is 114 Å². The minimum Gasteiger partial charge on any atom is -0.387 e. The van der Waals surface area contributed by atoms with Crippen molar-refractivity contribution >= 4 is 6.03 Å². The molecule has 0 heterocycles. The van der Waals surface area contributed by atoms with Crippen LogP contribution in [0.2, 0.25) is 0 Å². The number of aliphatic hydroxyl groups is 1. The monoisotopic (exact) mass is 262 g/mol. The lowest BCUT2D eigenvalue weighted by molar-refractivity contribution is 0.173. The SMILES string of the molecule is C/C=C/CCNC(=O)NCC(O)c1cccc(C)c1. The molecule has 0 aliphatic carbocycles. The van der Waals surface area contributed by atoms with E-state index >= 15 is 0 Å². The Hall–Kier alpha value is -1.81. The molecule has 2 amide bonds. The number of aryl methyl sites for hydroxylation is 1. The second-order valence-electron chi connectivity index (χ2n) is 4.42. The number of carbonyl (C=O) groups excluding carboxylic acids is 1. The maximum absolute atomic E-state index is 11.5. The third-order valence-corrected chi connectivity index (χ3v) is 2.72. The van der Waals surface area contributed by atoms with Gasteiger partial charge in [0, 0.05) is 13.1 Å². The highest BCUT2D eigenvalue weighted by Gasteiger charge is 2.08. The summed E-state index contributed by atoms with van der Waals surface area (Å²) in [6.07, 6.45) is 4.06. The molecule has 3 N–H and O–H groups in total. The summed E-state index contributed by atoms with van der Waals surface area (Å²) in [6.45, 7) is 4.71. The number of nitrogens with one attached hydrogen (secondary N) is 2. The van der Waals surface area contributed by atoms with Crippen LogP contribution in [0.15, 0.2) is 36.4 Å². The van der Waals surface area contributed by atoms with Crippen molar-refractivity contribution in [3.05, 3.63) is 47.5 Å². The highest BCUT2D eigenvalue weighted by atomic mass is 16.3. The van der Waals surface area contributed by atoms with Gasteiger partial charge < -0.3 is 15.7 Å². The zero-order chi connectivity index (χ0) is 14.1. The Morgan fingerprint density at radius 2 is 2.21 bits per heavy atom. The molecule has 0 aliphatic heterocycles. The van der Waals surface area contributed by atoms with Crippen LogP contribution in [0, 0.1) is 6.92 Å². The maximum Gasteiger partial charge on any atom is 0.314 e. The van der Waals surface area contributed by atoms with Gasteiger partial charge >= 0.3 is 6.03 Å². The van der Waals surface area contributed by atoms with E-state index in [9.17, 15) is 9.90 Å². The average Bonchev–Trinajstić information content (AvgIpc) is 2.41. The fraction of sp³-hybridized carbons (Fsp3) is 0.400. The zero-order valence-corrected chi connectivity index (χ0v) is 11.5. The van der Waals surface area contributed by atoms with E-state index < -0.39 is 6.10 Å². The number of aliphatic hydroxyl groups excluding tert-OH is 1. The Morgan fingerprint density at radius 3 is 2.89 bits per heavy atom. The van der Waals surface area contributed by atoms with E-state index in [4.69, 9.17) is 0 Å².